The second-order valence-electron chi connectivity index (χ2n) is 9.69. The molecule has 0 radical (unpaired) electrons. The molecule has 5 rings (SSSR count). The number of anilines is 3. The standard InChI is InChI=1S/C29H29ClFN7O3/c1-3-17-6-4-8-22(34-26-16-38(37-36-26)25-9-5-7-21(30)27(25)31)24-14-18(12-13-32-24)20-11-10-19(33-29(40)41-2)15-23(20)35-28(17)39/h5,7,9-17,22,34H,3-4,6,8H2,1-2H3,(H,33,40)(H,35,39)/t17?,22-/m0/s1. The molecule has 0 saturated heterocycles. The van der Waals surface area contributed by atoms with Crippen LogP contribution in [-0.2, 0) is 9.53 Å². The van der Waals surface area contributed by atoms with Crippen molar-refractivity contribution in [2.45, 2.75) is 38.6 Å². The van der Waals surface area contributed by atoms with Crippen LogP contribution >= 0.6 is 11.6 Å². The number of amides is 2. The molecule has 0 aliphatic carbocycles. The van der Waals surface area contributed by atoms with Crippen LogP contribution in [0, 0.1) is 11.7 Å². The number of nitrogens with one attached hydrogen (secondary N) is 3. The van der Waals surface area contributed by atoms with E-state index >= 15 is 0 Å². The second-order valence-corrected chi connectivity index (χ2v) is 10.1. The Morgan fingerprint density at radius 2 is 2.07 bits per heavy atom. The van der Waals surface area contributed by atoms with Gasteiger partial charge >= 0.3 is 6.09 Å². The zero-order valence-electron chi connectivity index (χ0n) is 22.5. The minimum atomic E-state index is -0.606. The Morgan fingerprint density at radius 3 is 2.88 bits per heavy atom. The zero-order chi connectivity index (χ0) is 28.9. The number of hydrogen-bond donors (Lipinski definition) is 3. The van der Waals surface area contributed by atoms with Gasteiger partial charge in [-0.1, -0.05) is 42.3 Å². The molecule has 2 aromatic carbocycles. The highest BCUT2D eigenvalue weighted by Crippen LogP contribution is 2.35. The van der Waals surface area contributed by atoms with E-state index in [1.54, 1.807) is 36.7 Å². The third kappa shape index (κ3) is 6.30. The summed E-state index contributed by atoms with van der Waals surface area (Å²) in [6.07, 6.45) is 5.45. The molecule has 2 bridgehead atoms. The molecule has 0 saturated carbocycles. The quantitative estimate of drug-likeness (QED) is 0.244. The van der Waals surface area contributed by atoms with Gasteiger partial charge in [0.2, 0.25) is 5.91 Å². The van der Waals surface area contributed by atoms with Crippen molar-refractivity contribution in [1.82, 2.24) is 20.0 Å². The van der Waals surface area contributed by atoms with Crippen LogP contribution in [0.25, 0.3) is 16.8 Å². The SMILES string of the molecule is CCC1CCC[C@H](Nc2cn(-c3cccc(Cl)c3F)nn2)c2cc(ccn2)-c2ccc(NC(=O)OC)cc2NC1=O. The summed E-state index contributed by atoms with van der Waals surface area (Å²) in [7, 11) is 1.29. The predicted molar refractivity (Wildman–Crippen MR) is 155 cm³/mol. The molecule has 3 N–H and O–H groups in total. The van der Waals surface area contributed by atoms with Gasteiger partial charge in [-0.2, -0.15) is 0 Å². The van der Waals surface area contributed by atoms with E-state index in [2.05, 4.69) is 31.2 Å². The summed E-state index contributed by atoms with van der Waals surface area (Å²) in [5.41, 5.74) is 3.62. The molecule has 2 aromatic heterocycles. The number of carbonyl (C=O) groups excluding carboxylic acids is 2. The molecule has 1 aliphatic rings. The molecule has 4 aromatic rings. The number of pyridine rings is 1. The second kappa shape index (κ2) is 12.3. The average Bonchev–Trinajstić information content (AvgIpc) is 3.44. The van der Waals surface area contributed by atoms with E-state index in [-0.39, 0.29) is 28.6 Å². The molecule has 0 spiro atoms. The summed E-state index contributed by atoms with van der Waals surface area (Å²) in [5, 5.41) is 17.4. The summed E-state index contributed by atoms with van der Waals surface area (Å²) in [6, 6.07) is 13.5. The molecular formula is C29H29ClFN7O3. The molecular weight excluding hydrogens is 549 g/mol. The Labute approximate surface area is 241 Å². The number of benzene rings is 2. The molecule has 1 unspecified atom stereocenters. The van der Waals surface area contributed by atoms with Gasteiger partial charge < -0.3 is 15.4 Å². The van der Waals surface area contributed by atoms with Crippen molar-refractivity contribution in [2.75, 3.05) is 23.1 Å². The summed E-state index contributed by atoms with van der Waals surface area (Å²) in [6.45, 7) is 1.99. The van der Waals surface area contributed by atoms with Crippen molar-refractivity contribution in [3.63, 3.8) is 0 Å². The third-order valence-corrected chi connectivity index (χ3v) is 7.35. The number of halogens is 2. The Hall–Kier alpha value is -4.51. The van der Waals surface area contributed by atoms with Gasteiger partial charge in [0, 0.05) is 23.4 Å². The fourth-order valence-corrected chi connectivity index (χ4v) is 5.04. The van der Waals surface area contributed by atoms with Crippen molar-refractivity contribution in [1.29, 1.82) is 0 Å². The van der Waals surface area contributed by atoms with Crippen molar-refractivity contribution < 1.29 is 18.7 Å². The van der Waals surface area contributed by atoms with E-state index in [9.17, 15) is 14.0 Å². The first-order chi connectivity index (χ1) is 19.9. The minimum absolute atomic E-state index is 0.00386. The van der Waals surface area contributed by atoms with Crippen LogP contribution in [0.3, 0.4) is 0 Å². The summed E-state index contributed by atoms with van der Waals surface area (Å²) >= 11 is 5.95. The van der Waals surface area contributed by atoms with Gasteiger partial charge in [0.25, 0.3) is 0 Å². The van der Waals surface area contributed by atoms with Crippen LogP contribution < -0.4 is 16.0 Å². The van der Waals surface area contributed by atoms with E-state index in [0.717, 1.165) is 23.2 Å². The molecule has 3 heterocycles. The molecule has 10 nitrogen and oxygen atoms in total. The van der Waals surface area contributed by atoms with Gasteiger partial charge in [-0.15, -0.1) is 5.10 Å². The van der Waals surface area contributed by atoms with Crippen molar-refractivity contribution >= 4 is 40.8 Å². The normalized spacial score (nSPS) is 16.9. The maximum atomic E-state index is 14.6. The van der Waals surface area contributed by atoms with E-state index in [1.807, 2.05) is 25.1 Å². The first kappa shape index (κ1) is 28.0. The average molecular weight is 578 g/mol. The number of methoxy groups -OCH3 is 1. The van der Waals surface area contributed by atoms with Gasteiger partial charge in [0.1, 0.15) is 5.69 Å². The highest BCUT2D eigenvalue weighted by Gasteiger charge is 2.23. The zero-order valence-corrected chi connectivity index (χ0v) is 23.3. The number of hydrogen-bond acceptors (Lipinski definition) is 7. The predicted octanol–water partition coefficient (Wildman–Crippen LogP) is 6.60. The first-order valence-electron chi connectivity index (χ1n) is 13.3. The molecule has 2 atom stereocenters. The van der Waals surface area contributed by atoms with Gasteiger partial charge in [-0.25, -0.2) is 13.9 Å². The molecule has 2 amide bonds. The highest BCUT2D eigenvalue weighted by atomic mass is 35.5. The van der Waals surface area contributed by atoms with E-state index < -0.39 is 11.9 Å². The lowest BCUT2D eigenvalue weighted by molar-refractivity contribution is -0.120. The van der Waals surface area contributed by atoms with Gasteiger partial charge in [-0.3, -0.25) is 15.1 Å². The number of aromatic nitrogens is 4. The number of ether oxygens (including phenoxy) is 1. The number of nitrogens with zero attached hydrogens (tertiary/aromatic N) is 4. The third-order valence-electron chi connectivity index (χ3n) is 7.06. The molecule has 0 fully saturated rings. The first-order valence-corrected chi connectivity index (χ1v) is 13.6. The summed E-state index contributed by atoms with van der Waals surface area (Å²) in [4.78, 5) is 29.7. The lowest BCUT2D eigenvalue weighted by atomic mass is 9.93. The lowest BCUT2D eigenvalue weighted by Gasteiger charge is -2.23. The van der Waals surface area contributed by atoms with Crippen molar-refractivity contribution in [3.05, 3.63) is 77.5 Å². The van der Waals surface area contributed by atoms with Crippen LogP contribution in [0.15, 0.2) is 60.9 Å². The maximum absolute atomic E-state index is 14.6. The maximum Gasteiger partial charge on any atom is 0.411 e. The minimum Gasteiger partial charge on any atom is -0.453 e. The van der Waals surface area contributed by atoms with E-state index in [4.69, 9.17) is 16.3 Å². The van der Waals surface area contributed by atoms with Crippen LogP contribution in [0.1, 0.15) is 44.3 Å². The topological polar surface area (TPSA) is 123 Å². The number of carbonyl (C=O) groups is 2. The van der Waals surface area contributed by atoms with Crippen LogP contribution in [0.5, 0.6) is 0 Å². The molecule has 1 aliphatic heterocycles. The fourth-order valence-electron chi connectivity index (χ4n) is 4.87. The fraction of sp³-hybridized carbons (Fsp3) is 0.276. The van der Waals surface area contributed by atoms with Crippen molar-refractivity contribution in [2.24, 2.45) is 5.92 Å². The number of rotatable bonds is 5. The molecule has 12 heteroatoms. The van der Waals surface area contributed by atoms with Gasteiger partial charge in [0.15, 0.2) is 11.6 Å². The molecule has 41 heavy (non-hydrogen) atoms. The van der Waals surface area contributed by atoms with Crippen LogP contribution in [-0.4, -0.2) is 39.1 Å². The Balaban J connectivity index is 1.50. The Kier molecular flexibility index (Phi) is 8.44. The monoisotopic (exact) mass is 577 g/mol. The van der Waals surface area contributed by atoms with Gasteiger partial charge in [-0.05, 0) is 61.2 Å². The Bertz CT molecular complexity index is 1580. The lowest BCUT2D eigenvalue weighted by Crippen LogP contribution is -2.24. The van der Waals surface area contributed by atoms with Crippen LogP contribution in [0.2, 0.25) is 5.02 Å². The largest absolute Gasteiger partial charge is 0.453 e. The summed E-state index contributed by atoms with van der Waals surface area (Å²) < 4.78 is 20.6. The van der Waals surface area contributed by atoms with E-state index in [1.165, 1.54) is 17.9 Å². The van der Waals surface area contributed by atoms with Crippen molar-refractivity contribution in [3.8, 4) is 16.8 Å². The molecule has 212 valence electrons. The highest BCUT2D eigenvalue weighted by molar-refractivity contribution is 6.30. The Morgan fingerprint density at radius 1 is 1.22 bits per heavy atom. The van der Waals surface area contributed by atoms with Gasteiger partial charge in [0.05, 0.1) is 35.8 Å². The van der Waals surface area contributed by atoms with E-state index in [0.29, 0.717) is 36.5 Å². The smallest absolute Gasteiger partial charge is 0.411 e. The van der Waals surface area contributed by atoms with Crippen LogP contribution in [0.4, 0.5) is 26.4 Å². The summed E-state index contributed by atoms with van der Waals surface area (Å²) in [5.74, 6) is -0.441. The number of fused-ring (bicyclic) bond motifs is 4.